The van der Waals surface area contributed by atoms with Crippen molar-refractivity contribution in [1.82, 2.24) is 0 Å². The largest absolute Gasteiger partial charge is 0.307 e. The number of carbonyl (C=O) groups excluding carboxylic acids is 1. The zero-order chi connectivity index (χ0) is 29.5. The van der Waals surface area contributed by atoms with Crippen LogP contribution in [0.1, 0.15) is 73.1 Å². The van der Waals surface area contributed by atoms with Gasteiger partial charge in [0.25, 0.3) is 0 Å². The lowest BCUT2D eigenvalue weighted by Crippen LogP contribution is -2.55. The van der Waals surface area contributed by atoms with Crippen LogP contribution >= 0.6 is 0 Å². The first-order valence-corrected chi connectivity index (χ1v) is 14.9. The van der Waals surface area contributed by atoms with Crippen LogP contribution in [0.3, 0.4) is 0 Å². The Labute approximate surface area is 250 Å². The number of benzene rings is 5. The van der Waals surface area contributed by atoms with Crippen LogP contribution in [0.2, 0.25) is 0 Å². The maximum absolute atomic E-state index is 13.2. The van der Waals surface area contributed by atoms with Crippen molar-refractivity contribution in [1.29, 1.82) is 0 Å². The van der Waals surface area contributed by atoms with E-state index in [0.717, 1.165) is 12.1 Å². The van der Waals surface area contributed by atoms with E-state index >= 15 is 0 Å². The Kier molecular flexibility index (Phi) is 6.89. The third-order valence-electron chi connectivity index (χ3n) is 9.28. The molecule has 0 saturated heterocycles. The predicted molar refractivity (Wildman–Crippen MR) is 174 cm³/mol. The van der Waals surface area contributed by atoms with Gasteiger partial charge >= 0.3 is 0 Å². The minimum Gasteiger partial charge on any atom is -0.307 e. The van der Waals surface area contributed by atoms with Crippen LogP contribution in [0, 0.1) is 6.92 Å². The molecule has 0 spiro atoms. The van der Waals surface area contributed by atoms with Gasteiger partial charge < -0.3 is 4.90 Å². The molecule has 0 aliphatic carbocycles. The summed E-state index contributed by atoms with van der Waals surface area (Å²) in [4.78, 5) is 15.3. The molecule has 1 unspecified atom stereocenters. The molecule has 0 fully saturated rings. The molecule has 1 aliphatic heterocycles. The lowest BCUT2D eigenvalue weighted by Gasteiger charge is -2.51. The summed E-state index contributed by atoms with van der Waals surface area (Å²) < 4.78 is 0. The molecule has 0 N–H and O–H groups in total. The van der Waals surface area contributed by atoms with Crippen LogP contribution in [0.25, 0.3) is 0 Å². The first-order chi connectivity index (χ1) is 20.2. The fourth-order valence-electron chi connectivity index (χ4n) is 7.61. The second-order valence-electron chi connectivity index (χ2n) is 12.6. The van der Waals surface area contributed by atoms with Gasteiger partial charge in [-0.2, -0.15) is 0 Å². The van der Waals surface area contributed by atoms with Crippen molar-refractivity contribution in [2.75, 3.05) is 4.90 Å². The predicted octanol–water partition coefficient (Wildman–Crippen LogP) is 9.22. The number of nitrogens with zero attached hydrogens (tertiary/aromatic N) is 1. The molecular formula is C40H39NO. The third-order valence-corrected chi connectivity index (χ3v) is 9.28. The summed E-state index contributed by atoms with van der Waals surface area (Å²) in [7, 11) is 0. The molecule has 1 heterocycles. The molecule has 0 aromatic heterocycles. The molecule has 1 amide bonds. The minimum atomic E-state index is -0.555. The number of amides is 1. The van der Waals surface area contributed by atoms with E-state index in [1.54, 1.807) is 6.92 Å². The van der Waals surface area contributed by atoms with E-state index in [9.17, 15) is 4.79 Å². The van der Waals surface area contributed by atoms with Crippen LogP contribution < -0.4 is 4.90 Å². The van der Waals surface area contributed by atoms with E-state index in [-0.39, 0.29) is 16.9 Å². The maximum atomic E-state index is 13.2. The van der Waals surface area contributed by atoms with Gasteiger partial charge in [0.15, 0.2) is 0 Å². The van der Waals surface area contributed by atoms with Gasteiger partial charge in [0.05, 0.1) is 5.41 Å². The highest BCUT2D eigenvalue weighted by Gasteiger charge is 2.48. The average molecular weight is 550 g/mol. The summed E-state index contributed by atoms with van der Waals surface area (Å²) in [5, 5.41) is 0. The van der Waals surface area contributed by atoms with E-state index in [1.807, 2.05) is 4.90 Å². The first-order valence-electron chi connectivity index (χ1n) is 14.9. The van der Waals surface area contributed by atoms with E-state index in [0.29, 0.717) is 0 Å². The Hall–Kier alpha value is -4.43. The van der Waals surface area contributed by atoms with Gasteiger partial charge in [-0.15, -0.1) is 0 Å². The molecule has 42 heavy (non-hydrogen) atoms. The standard InChI is InChI=1S/C40H39NO/c1-29-21-23-31(24-22-29)39(5)28-38(3,4)41(30(2)42)37-26-25-35(27-36(37)39)40(32-15-9-6-10-16-32,33-17-11-7-12-18-33)34-19-13-8-14-20-34/h6-27H,28H2,1-5H3. The van der Waals surface area contributed by atoms with Gasteiger partial charge in [-0.1, -0.05) is 140 Å². The Morgan fingerprint density at radius 2 is 1.12 bits per heavy atom. The number of carbonyl (C=O) groups is 1. The Bertz CT molecular complexity index is 1610. The monoisotopic (exact) mass is 549 g/mol. The van der Waals surface area contributed by atoms with Crippen LogP contribution in [0.5, 0.6) is 0 Å². The number of hydrogen-bond donors (Lipinski definition) is 0. The van der Waals surface area contributed by atoms with Crippen LogP contribution in [-0.4, -0.2) is 11.4 Å². The third kappa shape index (κ3) is 4.38. The van der Waals surface area contributed by atoms with Gasteiger partial charge in [0, 0.05) is 23.6 Å². The van der Waals surface area contributed by atoms with Gasteiger partial charge in [0.1, 0.15) is 0 Å². The smallest absolute Gasteiger partial charge is 0.224 e. The van der Waals surface area contributed by atoms with Gasteiger partial charge in [-0.3, -0.25) is 4.79 Å². The summed E-state index contributed by atoms with van der Waals surface area (Å²) in [6.07, 6.45) is 0.814. The number of anilines is 1. The molecule has 6 rings (SSSR count). The number of hydrogen-bond acceptors (Lipinski definition) is 1. The second-order valence-corrected chi connectivity index (χ2v) is 12.6. The van der Waals surface area contributed by atoms with Crippen molar-refractivity contribution < 1.29 is 4.79 Å². The first kappa shape index (κ1) is 27.7. The van der Waals surface area contributed by atoms with Crippen molar-refractivity contribution in [2.24, 2.45) is 0 Å². The van der Waals surface area contributed by atoms with Crippen LogP contribution in [0.15, 0.2) is 133 Å². The molecule has 2 heteroatoms. The van der Waals surface area contributed by atoms with E-state index in [4.69, 9.17) is 0 Å². The lowest BCUT2D eigenvalue weighted by molar-refractivity contribution is -0.117. The summed E-state index contributed by atoms with van der Waals surface area (Å²) >= 11 is 0. The highest BCUT2D eigenvalue weighted by atomic mass is 16.2. The van der Waals surface area contributed by atoms with Crippen LogP contribution in [-0.2, 0) is 15.6 Å². The van der Waals surface area contributed by atoms with Crippen molar-refractivity contribution in [3.05, 3.63) is 172 Å². The maximum Gasteiger partial charge on any atom is 0.224 e. The normalized spacial score (nSPS) is 17.9. The molecule has 210 valence electrons. The van der Waals surface area contributed by atoms with Gasteiger partial charge in [-0.25, -0.2) is 0 Å². The number of rotatable bonds is 5. The zero-order valence-electron chi connectivity index (χ0n) is 25.3. The summed E-state index contributed by atoms with van der Waals surface area (Å²) in [6, 6.07) is 48.3. The van der Waals surface area contributed by atoms with E-state index in [1.165, 1.54) is 38.9 Å². The quantitative estimate of drug-likeness (QED) is 0.200. The fraction of sp³-hybridized carbons (Fsp3) is 0.225. The summed E-state index contributed by atoms with van der Waals surface area (Å²) in [5.41, 5.74) is 8.30. The van der Waals surface area contributed by atoms with E-state index < -0.39 is 5.41 Å². The van der Waals surface area contributed by atoms with Gasteiger partial charge in [-0.05, 0) is 66.6 Å². The highest BCUT2D eigenvalue weighted by molar-refractivity contribution is 5.95. The van der Waals surface area contributed by atoms with Crippen molar-refractivity contribution in [3.8, 4) is 0 Å². The SMILES string of the molecule is CC(=O)N1c2ccc(C(c3ccccc3)(c3ccccc3)c3ccccc3)cc2C(C)(c2ccc(C)cc2)CC1(C)C. The Balaban J connectivity index is 1.72. The molecule has 1 atom stereocenters. The van der Waals surface area contributed by atoms with Crippen molar-refractivity contribution in [3.63, 3.8) is 0 Å². The van der Waals surface area contributed by atoms with Gasteiger partial charge in [0.2, 0.25) is 5.91 Å². The van der Waals surface area contributed by atoms with E-state index in [2.05, 4.69) is 161 Å². The Morgan fingerprint density at radius 3 is 1.57 bits per heavy atom. The average Bonchev–Trinajstić information content (AvgIpc) is 2.99. The minimum absolute atomic E-state index is 0.0698. The van der Waals surface area contributed by atoms with Crippen molar-refractivity contribution >= 4 is 11.6 Å². The molecule has 0 saturated carbocycles. The Morgan fingerprint density at radius 1 is 0.643 bits per heavy atom. The molecule has 0 bridgehead atoms. The summed E-state index contributed by atoms with van der Waals surface area (Å²) in [6.45, 7) is 10.6. The van der Waals surface area contributed by atoms with Crippen molar-refractivity contribution in [2.45, 2.75) is 57.4 Å². The van der Waals surface area contributed by atoms with Crippen LogP contribution in [0.4, 0.5) is 5.69 Å². The molecule has 2 nitrogen and oxygen atoms in total. The fourth-order valence-corrected chi connectivity index (χ4v) is 7.61. The number of aryl methyl sites for hydroxylation is 1. The molecular weight excluding hydrogens is 510 g/mol. The highest BCUT2D eigenvalue weighted by Crippen LogP contribution is 2.53. The molecule has 5 aromatic carbocycles. The lowest BCUT2D eigenvalue weighted by atomic mass is 9.61. The zero-order valence-corrected chi connectivity index (χ0v) is 25.3. The molecule has 5 aromatic rings. The topological polar surface area (TPSA) is 20.3 Å². The second kappa shape index (κ2) is 10.4. The molecule has 1 aliphatic rings. The number of fused-ring (bicyclic) bond motifs is 1. The summed E-state index contributed by atoms with van der Waals surface area (Å²) in [5.74, 6) is 0.0698. The molecule has 0 radical (unpaired) electrons.